The van der Waals surface area contributed by atoms with Crippen LogP contribution < -0.4 is 10.5 Å². The second kappa shape index (κ2) is 5.52. The van der Waals surface area contributed by atoms with Crippen LogP contribution in [0.1, 0.15) is 0 Å². The monoisotopic (exact) mass is 404 g/mol. The standard InChI is InChI=1S/C12H10Br2N2O2S/c13-8-2-1-3-10(6-8)19(17,18)16-12-5-4-9(14)7-11(12)15/h1-7,16H,15H2. The smallest absolute Gasteiger partial charge is 0.261 e. The van der Waals surface area contributed by atoms with Crippen molar-refractivity contribution in [2.75, 3.05) is 10.5 Å². The summed E-state index contributed by atoms with van der Waals surface area (Å²) in [7, 11) is -3.65. The van der Waals surface area contributed by atoms with E-state index in [1.54, 1.807) is 30.3 Å². The highest BCUT2D eigenvalue weighted by atomic mass is 79.9. The zero-order valence-corrected chi connectivity index (χ0v) is 13.6. The van der Waals surface area contributed by atoms with Gasteiger partial charge in [-0.1, -0.05) is 37.9 Å². The van der Waals surface area contributed by atoms with Crippen LogP contribution in [0.15, 0.2) is 56.3 Å². The van der Waals surface area contributed by atoms with Crippen molar-refractivity contribution in [2.24, 2.45) is 0 Å². The maximum absolute atomic E-state index is 12.2. The molecule has 3 N–H and O–H groups in total. The van der Waals surface area contributed by atoms with Crippen LogP contribution in [0.4, 0.5) is 11.4 Å². The highest BCUT2D eigenvalue weighted by Crippen LogP contribution is 2.26. The highest BCUT2D eigenvalue weighted by Gasteiger charge is 2.15. The van der Waals surface area contributed by atoms with Gasteiger partial charge in [0, 0.05) is 8.95 Å². The first kappa shape index (κ1) is 14.4. The van der Waals surface area contributed by atoms with Gasteiger partial charge in [-0.25, -0.2) is 8.42 Å². The lowest BCUT2D eigenvalue weighted by molar-refractivity contribution is 0.601. The van der Waals surface area contributed by atoms with Gasteiger partial charge < -0.3 is 5.73 Å². The van der Waals surface area contributed by atoms with Gasteiger partial charge in [-0.05, 0) is 36.4 Å². The molecule has 7 heteroatoms. The average Bonchev–Trinajstić information content (AvgIpc) is 2.33. The zero-order chi connectivity index (χ0) is 14.0. The third kappa shape index (κ3) is 3.49. The number of nitrogens with one attached hydrogen (secondary N) is 1. The Labute approximate surface area is 128 Å². The number of sulfonamides is 1. The Morgan fingerprint density at radius 2 is 1.68 bits per heavy atom. The molecule has 0 unspecified atom stereocenters. The largest absolute Gasteiger partial charge is 0.397 e. The summed E-state index contributed by atoms with van der Waals surface area (Å²) < 4.78 is 28.3. The first-order valence-corrected chi connectivity index (χ1v) is 8.29. The first-order valence-electron chi connectivity index (χ1n) is 5.22. The predicted octanol–water partition coefficient (Wildman–Crippen LogP) is 3.59. The van der Waals surface area contributed by atoms with E-state index >= 15 is 0 Å². The van der Waals surface area contributed by atoms with Crippen molar-refractivity contribution in [3.63, 3.8) is 0 Å². The summed E-state index contributed by atoms with van der Waals surface area (Å²) >= 11 is 6.51. The topological polar surface area (TPSA) is 72.2 Å². The van der Waals surface area contributed by atoms with E-state index in [0.717, 1.165) is 4.47 Å². The SMILES string of the molecule is Nc1cc(Br)ccc1NS(=O)(=O)c1cccc(Br)c1. The fourth-order valence-electron chi connectivity index (χ4n) is 1.46. The van der Waals surface area contributed by atoms with E-state index in [1.165, 1.54) is 12.1 Å². The van der Waals surface area contributed by atoms with Gasteiger partial charge in [0.2, 0.25) is 0 Å². The minimum atomic E-state index is -3.65. The quantitative estimate of drug-likeness (QED) is 0.766. The molecule has 0 heterocycles. The van der Waals surface area contributed by atoms with E-state index in [1.807, 2.05) is 0 Å². The van der Waals surface area contributed by atoms with Gasteiger partial charge in [0.1, 0.15) is 0 Å². The van der Waals surface area contributed by atoms with Crippen molar-refractivity contribution in [2.45, 2.75) is 4.90 Å². The molecule has 0 aliphatic heterocycles. The summed E-state index contributed by atoms with van der Waals surface area (Å²) in [6, 6.07) is 11.4. The van der Waals surface area contributed by atoms with Gasteiger partial charge in [0.05, 0.1) is 16.3 Å². The molecule has 2 aromatic rings. The number of hydrogen-bond acceptors (Lipinski definition) is 3. The summed E-state index contributed by atoms with van der Waals surface area (Å²) in [5.74, 6) is 0. The second-order valence-corrected chi connectivity index (χ2v) is 7.31. The lowest BCUT2D eigenvalue weighted by Crippen LogP contribution is -2.14. The van der Waals surface area contributed by atoms with E-state index in [-0.39, 0.29) is 4.90 Å². The fourth-order valence-corrected chi connectivity index (χ4v) is 3.53. The van der Waals surface area contributed by atoms with E-state index in [9.17, 15) is 8.42 Å². The lowest BCUT2D eigenvalue weighted by atomic mass is 10.3. The van der Waals surface area contributed by atoms with Crippen LogP contribution in [0.3, 0.4) is 0 Å². The molecule has 19 heavy (non-hydrogen) atoms. The molecular formula is C12H10Br2N2O2S. The second-order valence-electron chi connectivity index (χ2n) is 3.79. The van der Waals surface area contributed by atoms with Crippen LogP contribution in [0.5, 0.6) is 0 Å². The lowest BCUT2D eigenvalue weighted by Gasteiger charge is -2.10. The molecule has 0 aromatic heterocycles. The summed E-state index contributed by atoms with van der Waals surface area (Å²) in [5, 5.41) is 0. The number of benzene rings is 2. The average molecular weight is 406 g/mol. The van der Waals surface area contributed by atoms with Crippen LogP contribution in [0.2, 0.25) is 0 Å². The minimum absolute atomic E-state index is 0.171. The Morgan fingerprint density at radius 3 is 2.32 bits per heavy atom. The molecule has 0 fully saturated rings. The Morgan fingerprint density at radius 1 is 1.00 bits per heavy atom. The predicted molar refractivity (Wildman–Crippen MR) is 83.5 cm³/mol. The van der Waals surface area contributed by atoms with Crippen LogP contribution in [0, 0.1) is 0 Å². The van der Waals surface area contributed by atoms with Gasteiger partial charge in [-0.15, -0.1) is 0 Å². The molecule has 0 atom stereocenters. The fraction of sp³-hybridized carbons (Fsp3) is 0. The van der Waals surface area contributed by atoms with E-state index in [0.29, 0.717) is 15.8 Å². The first-order chi connectivity index (χ1) is 8.88. The number of anilines is 2. The Kier molecular flexibility index (Phi) is 4.17. The van der Waals surface area contributed by atoms with Crippen LogP contribution in [0.25, 0.3) is 0 Å². The molecule has 0 saturated heterocycles. The minimum Gasteiger partial charge on any atom is -0.397 e. The van der Waals surface area contributed by atoms with Gasteiger partial charge in [0.15, 0.2) is 0 Å². The molecule has 0 amide bonds. The third-order valence-electron chi connectivity index (χ3n) is 2.36. The molecule has 0 aliphatic carbocycles. The summed E-state index contributed by atoms with van der Waals surface area (Å²) in [4.78, 5) is 0.171. The molecule has 2 aromatic carbocycles. The molecule has 0 bridgehead atoms. The van der Waals surface area contributed by atoms with Gasteiger partial charge >= 0.3 is 0 Å². The van der Waals surface area contributed by atoms with Crippen molar-refractivity contribution in [3.05, 3.63) is 51.4 Å². The Hall–Kier alpha value is -1.05. The molecule has 4 nitrogen and oxygen atoms in total. The van der Waals surface area contributed by atoms with Crippen molar-refractivity contribution in [1.82, 2.24) is 0 Å². The molecule has 0 aliphatic rings. The number of hydrogen-bond donors (Lipinski definition) is 2. The molecule has 2 rings (SSSR count). The van der Waals surface area contributed by atoms with Crippen LogP contribution in [-0.2, 0) is 10.0 Å². The number of rotatable bonds is 3. The molecular weight excluding hydrogens is 396 g/mol. The van der Waals surface area contributed by atoms with Crippen LogP contribution in [-0.4, -0.2) is 8.42 Å². The summed E-state index contributed by atoms with van der Waals surface area (Å²) in [6.45, 7) is 0. The maximum Gasteiger partial charge on any atom is 0.261 e. The van der Waals surface area contributed by atoms with Crippen LogP contribution >= 0.6 is 31.9 Å². The highest BCUT2D eigenvalue weighted by molar-refractivity contribution is 9.10. The van der Waals surface area contributed by atoms with Crippen molar-refractivity contribution in [3.8, 4) is 0 Å². The zero-order valence-electron chi connectivity index (χ0n) is 9.60. The molecule has 100 valence electrons. The normalized spacial score (nSPS) is 11.3. The number of nitrogens with two attached hydrogens (primary N) is 1. The van der Waals surface area contributed by atoms with Crippen molar-refractivity contribution >= 4 is 53.3 Å². The third-order valence-corrected chi connectivity index (χ3v) is 4.71. The molecule has 0 saturated carbocycles. The summed E-state index contributed by atoms with van der Waals surface area (Å²) in [5.41, 5.74) is 6.48. The molecule has 0 spiro atoms. The van der Waals surface area contributed by atoms with Gasteiger partial charge in [0.25, 0.3) is 10.0 Å². The van der Waals surface area contributed by atoms with Crippen molar-refractivity contribution < 1.29 is 8.42 Å². The van der Waals surface area contributed by atoms with Gasteiger partial charge in [-0.3, -0.25) is 4.72 Å². The Balaban J connectivity index is 2.36. The maximum atomic E-state index is 12.2. The Bertz CT molecular complexity index is 717. The summed E-state index contributed by atoms with van der Waals surface area (Å²) in [6.07, 6.45) is 0. The van der Waals surface area contributed by atoms with E-state index in [4.69, 9.17) is 5.73 Å². The molecule has 0 radical (unpaired) electrons. The number of nitrogen functional groups attached to an aromatic ring is 1. The van der Waals surface area contributed by atoms with Crippen molar-refractivity contribution in [1.29, 1.82) is 0 Å². The van der Waals surface area contributed by atoms with E-state index in [2.05, 4.69) is 36.6 Å². The van der Waals surface area contributed by atoms with Gasteiger partial charge in [-0.2, -0.15) is 0 Å². The van der Waals surface area contributed by atoms with E-state index < -0.39 is 10.0 Å². The number of halogens is 2.